The number of allylic oxidation sites excluding steroid dienone is 1. The first-order valence-electron chi connectivity index (χ1n) is 11.2. The Bertz CT molecular complexity index is 1500. The van der Waals surface area contributed by atoms with Crippen LogP contribution >= 0.6 is 23.1 Å². The second kappa shape index (κ2) is 9.75. The van der Waals surface area contributed by atoms with Gasteiger partial charge in [0.25, 0.3) is 5.56 Å². The third kappa shape index (κ3) is 4.41. The Labute approximate surface area is 210 Å². The van der Waals surface area contributed by atoms with Crippen LogP contribution in [0.15, 0.2) is 68.4 Å². The summed E-state index contributed by atoms with van der Waals surface area (Å²) >= 11 is 2.93. The Kier molecular flexibility index (Phi) is 6.53. The molecular weight excluding hydrogens is 484 g/mol. The van der Waals surface area contributed by atoms with Gasteiger partial charge in [0.2, 0.25) is 0 Å². The molecule has 5 rings (SSSR count). The summed E-state index contributed by atoms with van der Waals surface area (Å²) in [5.74, 6) is 0.886. The lowest BCUT2D eigenvalue weighted by Gasteiger charge is -2.24. The fraction of sp³-hybridized carbons (Fsp3) is 0.269. The van der Waals surface area contributed by atoms with E-state index in [0.717, 1.165) is 16.0 Å². The lowest BCUT2D eigenvalue weighted by atomic mass is 9.96. The van der Waals surface area contributed by atoms with Gasteiger partial charge in [-0.15, -0.1) is 11.8 Å². The van der Waals surface area contributed by atoms with E-state index in [-0.39, 0.29) is 12.2 Å². The summed E-state index contributed by atoms with van der Waals surface area (Å²) in [6.07, 6.45) is 3.82. The van der Waals surface area contributed by atoms with Crippen LogP contribution in [0, 0.1) is 0 Å². The number of aromatic nitrogens is 1. The van der Waals surface area contributed by atoms with Crippen LogP contribution in [0.4, 0.5) is 0 Å². The average Bonchev–Trinajstić information content (AvgIpc) is 3.17. The van der Waals surface area contributed by atoms with Gasteiger partial charge in [-0.25, -0.2) is 9.79 Å². The van der Waals surface area contributed by atoms with Crippen molar-refractivity contribution in [3.05, 3.63) is 84.5 Å². The maximum atomic E-state index is 13.7. The van der Waals surface area contributed by atoms with Crippen molar-refractivity contribution in [1.82, 2.24) is 4.57 Å². The van der Waals surface area contributed by atoms with Crippen molar-refractivity contribution in [2.24, 2.45) is 4.99 Å². The zero-order valence-corrected chi connectivity index (χ0v) is 21.2. The number of ether oxygens (including phenoxy) is 3. The number of thioether (sulfide) groups is 1. The molecule has 0 amide bonds. The summed E-state index contributed by atoms with van der Waals surface area (Å²) < 4.78 is 18.7. The molecule has 1 aromatic heterocycles. The van der Waals surface area contributed by atoms with Crippen molar-refractivity contribution in [2.45, 2.75) is 24.8 Å². The highest BCUT2D eigenvalue weighted by molar-refractivity contribution is 7.98. The van der Waals surface area contributed by atoms with Crippen molar-refractivity contribution >= 4 is 35.1 Å². The van der Waals surface area contributed by atoms with Crippen molar-refractivity contribution in [3.8, 4) is 11.5 Å². The standard InChI is InChI=1S/C26H24N2O5S2/c1-4-31-25(30)22-15(2)27-26-28(23(22)17-6-8-18(34-3)9-7-17)24(29)21(35-26)14-16-5-10-19-20(13-16)33-12-11-32-19/h5-10,13-14,23H,4,11-12H2,1-3H3/b21-14-/t23-/m1/s1. The van der Waals surface area contributed by atoms with Gasteiger partial charge in [-0.3, -0.25) is 9.36 Å². The lowest BCUT2D eigenvalue weighted by molar-refractivity contribution is -0.139. The molecule has 3 aromatic rings. The minimum atomic E-state index is -0.622. The van der Waals surface area contributed by atoms with Crippen LogP contribution in [0.3, 0.4) is 0 Å². The van der Waals surface area contributed by atoms with Gasteiger partial charge in [-0.1, -0.05) is 29.5 Å². The number of hydrogen-bond acceptors (Lipinski definition) is 8. The second-order valence-electron chi connectivity index (χ2n) is 7.98. The smallest absolute Gasteiger partial charge is 0.338 e. The number of thiazole rings is 1. The van der Waals surface area contributed by atoms with Crippen molar-refractivity contribution in [3.63, 3.8) is 0 Å². The van der Waals surface area contributed by atoms with Crippen LogP contribution in [0.1, 0.15) is 31.0 Å². The van der Waals surface area contributed by atoms with Gasteiger partial charge in [0.05, 0.1) is 28.5 Å². The molecule has 2 aliphatic rings. The molecule has 2 aromatic carbocycles. The van der Waals surface area contributed by atoms with E-state index >= 15 is 0 Å². The summed E-state index contributed by atoms with van der Waals surface area (Å²) in [6, 6.07) is 12.9. The van der Waals surface area contributed by atoms with Gasteiger partial charge in [-0.2, -0.15) is 0 Å². The van der Waals surface area contributed by atoms with Crippen LogP contribution in [-0.2, 0) is 9.53 Å². The first-order valence-corrected chi connectivity index (χ1v) is 13.3. The fourth-order valence-electron chi connectivity index (χ4n) is 4.19. The molecule has 0 unspecified atom stereocenters. The number of rotatable bonds is 5. The number of hydrogen-bond donors (Lipinski definition) is 0. The molecule has 2 aliphatic heterocycles. The molecule has 3 heterocycles. The van der Waals surface area contributed by atoms with Gasteiger partial charge >= 0.3 is 5.97 Å². The summed E-state index contributed by atoms with van der Waals surface area (Å²) in [5.41, 5.74) is 2.36. The molecule has 9 heteroatoms. The quantitative estimate of drug-likeness (QED) is 0.389. The molecule has 180 valence electrons. The van der Waals surface area contributed by atoms with E-state index in [2.05, 4.69) is 4.99 Å². The zero-order chi connectivity index (χ0) is 24.5. The average molecular weight is 509 g/mol. The molecule has 0 radical (unpaired) electrons. The third-order valence-electron chi connectivity index (χ3n) is 5.81. The van der Waals surface area contributed by atoms with Crippen LogP contribution in [0.2, 0.25) is 0 Å². The predicted molar refractivity (Wildman–Crippen MR) is 136 cm³/mol. The molecular formula is C26H24N2O5S2. The van der Waals surface area contributed by atoms with Gasteiger partial charge < -0.3 is 14.2 Å². The molecule has 0 fully saturated rings. The normalized spacial score (nSPS) is 17.1. The minimum Gasteiger partial charge on any atom is -0.486 e. The summed E-state index contributed by atoms with van der Waals surface area (Å²) in [6.45, 7) is 4.79. The van der Waals surface area contributed by atoms with E-state index in [4.69, 9.17) is 14.2 Å². The first kappa shape index (κ1) is 23.4. The predicted octanol–water partition coefficient (Wildman–Crippen LogP) is 3.29. The van der Waals surface area contributed by atoms with Crippen LogP contribution < -0.4 is 24.4 Å². The van der Waals surface area contributed by atoms with E-state index in [1.165, 1.54) is 11.3 Å². The van der Waals surface area contributed by atoms with E-state index < -0.39 is 12.0 Å². The monoisotopic (exact) mass is 508 g/mol. The van der Waals surface area contributed by atoms with Crippen LogP contribution in [0.5, 0.6) is 11.5 Å². The molecule has 0 N–H and O–H groups in total. The van der Waals surface area contributed by atoms with E-state index in [1.54, 1.807) is 30.2 Å². The molecule has 0 bridgehead atoms. The molecule has 0 spiro atoms. The Hall–Kier alpha value is -3.30. The Morgan fingerprint density at radius 2 is 1.94 bits per heavy atom. The topological polar surface area (TPSA) is 79.1 Å². The molecule has 0 saturated heterocycles. The third-order valence-corrected chi connectivity index (χ3v) is 7.54. The van der Waals surface area contributed by atoms with E-state index in [9.17, 15) is 9.59 Å². The van der Waals surface area contributed by atoms with Crippen molar-refractivity contribution < 1.29 is 19.0 Å². The first-order chi connectivity index (χ1) is 17.0. The number of nitrogens with zero attached hydrogens (tertiary/aromatic N) is 2. The van der Waals surface area contributed by atoms with E-state index in [1.807, 2.05) is 54.8 Å². The molecule has 7 nitrogen and oxygen atoms in total. The molecule has 0 aliphatic carbocycles. The largest absolute Gasteiger partial charge is 0.486 e. The zero-order valence-electron chi connectivity index (χ0n) is 19.6. The Balaban J connectivity index is 1.66. The summed E-state index contributed by atoms with van der Waals surface area (Å²) in [4.78, 5) is 32.9. The highest BCUT2D eigenvalue weighted by Crippen LogP contribution is 2.32. The number of fused-ring (bicyclic) bond motifs is 2. The number of benzene rings is 2. The Morgan fingerprint density at radius 1 is 1.20 bits per heavy atom. The maximum absolute atomic E-state index is 13.7. The fourth-order valence-corrected chi connectivity index (χ4v) is 5.65. The molecule has 35 heavy (non-hydrogen) atoms. The molecule has 0 saturated carbocycles. The number of esters is 1. The van der Waals surface area contributed by atoms with Crippen LogP contribution in [0.25, 0.3) is 6.08 Å². The Morgan fingerprint density at radius 3 is 2.66 bits per heavy atom. The van der Waals surface area contributed by atoms with Gasteiger partial charge in [0.1, 0.15) is 13.2 Å². The van der Waals surface area contributed by atoms with E-state index in [0.29, 0.717) is 45.3 Å². The number of carbonyl (C=O) groups excluding carboxylic acids is 1. The number of carbonyl (C=O) groups is 1. The van der Waals surface area contributed by atoms with Crippen LogP contribution in [-0.4, -0.2) is 36.6 Å². The van der Waals surface area contributed by atoms with Crippen molar-refractivity contribution in [1.29, 1.82) is 0 Å². The van der Waals surface area contributed by atoms with Gasteiger partial charge in [0.15, 0.2) is 16.3 Å². The lowest BCUT2D eigenvalue weighted by Crippen LogP contribution is -2.39. The van der Waals surface area contributed by atoms with Gasteiger partial charge in [0, 0.05) is 4.90 Å². The SMILES string of the molecule is CCOC(=O)C1=C(C)N=c2s/c(=C\c3ccc4c(c3)OCCO4)c(=O)n2[C@@H]1c1ccc(SC)cc1. The molecule has 1 atom stereocenters. The van der Waals surface area contributed by atoms with Crippen molar-refractivity contribution in [2.75, 3.05) is 26.1 Å². The summed E-state index contributed by atoms with van der Waals surface area (Å²) in [5, 5.41) is 0. The second-order valence-corrected chi connectivity index (χ2v) is 9.87. The highest BCUT2D eigenvalue weighted by atomic mass is 32.2. The summed E-state index contributed by atoms with van der Waals surface area (Å²) in [7, 11) is 0. The van der Waals surface area contributed by atoms with Gasteiger partial charge in [-0.05, 0) is 61.6 Å². The highest BCUT2D eigenvalue weighted by Gasteiger charge is 2.33. The maximum Gasteiger partial charge on any atom is 0.338 e. The minimum absolute atomic E-state index is 0.211.